The standard InChI is InChI=1S/C13H18N2O2S/c16-13(14-8-11-2-1-6-17-11)15-5-3-12-10(9-15)4-7-18-12/h4,7,11H,1-3,5-6,8-9H2,(H,14,16)/t11-/m1/s1. The van der Waals surface area contributed by atoms with Crippen LogP contribution < -0.4 is 5.32 Å². The van der Waals surface area contributed by atoms with Gasteiger partial charge in [-0.3, -0.25) is 0 Å². The van der Waals surface area contributed by atoms with Crippen molar-refractivity contribution in [3.05, 3.63) is 21.9 Å². The van der Waals surface area contributed by atoms with E-state index in [1.54, 1.807) is 11.3 Å². The van der Waals surface area contributed by atoms with Crippen LogP contribution in [0.3, 0.4) is 0 Å². The zero-order valence-corrected chi connectivity index (χ0v) is 11.2. The van der Waals surface area contributed by atoms with Crippen LogP contribution >= 0.6 is 11.3 Å². The number of fused-ring (bicyclic) bond motifs is 1. The van der Waals surface area contributed by atoms with Gasteiger partial charge in [0.15, 0.2) is 0 Å². The molecule has 18 heavy (non-hydrogen) atoms. The second kappa shape index (κ2) is 5.28. The van der Waals surface area contributed by atoms with E-state index in [1.807, 2.05) is 4.90 Å². The summed E-state index contributed by atoms with van der Waals surface area (Å²) in [6.45, 7) is 3.05. The average Bonchev–Trinajstić information content (AvgIpc) is 3.05. The molecule has 1 fully saturated rings. The first-order chi connectivity index (χ1) is 8.83. The minimum atomic E-state index is 0.0438. The lowest BCUT2D eigenvalue weighted by Gasteiger charge is -2.27. The molecule has 2 amide bonds. The molecule has 0 saturated carbocycles. The van der Waals surface area contributed by atoms with Crippen molar-refractivity contribution in [1.82, 2.24) is 10.2 Å². The number of carbonyl (C=O) groups excluding carboxylic acids is 1. The number of ether oxygens (including phenoxy) is 1. The maximum Gasteiger partial charge on any atom is 0.317 e. The maximum absolute atomic E-state index is 12.0. The monoisotopic (exact) mass is 266 g/mol. The van der Waals surface area contributed by atoms with Crippen LogP contribution in [0.15, 0.2) is 11.4 Å². The van der Waals surface area contributed by atoms with Gasteiger partial charge in [0.25, 0.3) is 0 Å². The van der Waals surface area contributed by atoms with Gasteiger partial charge in [-0.25, -0.2) is 4.79 Å². The van der Waals surface area contributed by atoms with E-state index in [4.69, 9.17) is 4.74 Å². The summed E-state index contributed by atoms with van der Waals surface area (Å²) in [7, 11) is 0. The number of hydrogen-bond acceptors (Lipinski definition) is 3. The predicted octanol–water partition coefficient (Wildman–Crippen LogP) is 1.99. The van der Waals surface area contributed by atoms with Crippen LogP contribution in [0.4, 0.5) is 4.79 Å². The predicted molar refractivity (Wildman–Crippen MR) is 70.8 cm³/mol. The van der Waals surface area contributed by atoms with Crippen LogP contribution in [0.2, 0.25) is 0 Å². The van der Waals surface area contributed by atoms with Gasteiger partial charge in [-0.1, -0.05) is 0 Å². The Morgan fingerprint density at radius 2 is 2.56 bits per heavy atom. The van der Waals surface area contributed by atoms with E-state index in [0.717, 1.165) is 39.0 Å². The Bertz CT molecular complexity index is 426. The Balaban J connectivity index is 1.51. The first-order valence-electron chi connectivity index (χ1n) is 6.52. The molecule has 0 bridgehead atoms. The Kier molecular flexibility index (Phi) is 3.52. The molecular formula is C13H18N2O2S. The van der Waals surface area contributed by atoms with Crippen LogP contribution in [0.25, 0.3) is 0 Å². The largest absolute Gasteiger partial charge is 0.376 e. The number of hydrogen-bond donors (Lipinski definition) is 1. The van der Waals surface area contributed by atoms with Gasteiger partial charge in [0, 0.05) is 31.1 Å². The molecule has 0 aromatic carbocycles. The van der Waals surface area contributed by atoms with E-state index in [1.165, 1.54) is 10.4 Å². The van der Waals surface area contributed by atoms with Crippen molar-refractivity contribution in [2.45, 2.75) is 31.9 Å². The van der Waals surface area contributed by atoms with E-state index in [9.17, 15) is 4.79 Å². The summed E-state index contributed by atoms with van der Waals surface area (Å²) in [4.78, 5) is 15.4. The highest BCUT2D eigenvalue weighted by Crippen LogP contribution is 2.23. The molecule has 4 nitrogen and oxygen atoms in total. The molecule has 1 atom stereocenters. The first kappa shape index (κ1) is 12.0. The van der Waals surface area contributed by atoms with Crippen molar-refractivity contribution in [3.63, 3.8) is 0 Å². The third kappa shape index (κ3) is 2.52. The number of nitrogens with one attached hydrogen (secondary N) is 1. The lowest BCUT2D eigenvalue weighted by molar-refractivity contribution is 0.108. The van der Waals surface area contributed by atoms with Crippen molar-refractivity contribution in [2.75, 3.05) is 19.7 Å². The first-order valence-corrected chi connectivity index (χ1v) is 7.40. The third-order valence-electron chi connectivity index (χ3n) is 3.60. The summed E-state index contributed by atoms with van der Waals surface area (Å²) in [6.07, 6.45) is 3.38. The highest BCUT2D eigenvalue weighted by molar-refractivity contribution is 7.10. The topological polar surface area (TPSA) is 41.6 Å². The fraction of sp³-hybridized carbons (Fsp3) is 0.615. The number of nitrogens with zero attached hydrogens (tertiary/aromatic N) is 1. The number of rotatable bonds is 2. The molecule has 1 aromatic heterocycles. The van der Waals surface area contributed by atoms with Crippen LogP contribution in [0, 0.1) is 0 Å². The smallest absolute Gasteiger partial charge is 0.317 e. The highest BCUT2D eigenvalue weighted by Gasteiger charge is 2.22. The molecular weight excluding hydrogens is 248 g/mol. The Morgan fingerprint density at radius 3 is 3.39 bits per heavy atom. The summed E-state index contributed by atoms with van der Waals surface area (Å²) in [5.41, 5.74) is 1.30. The second-order valence-corrected chi connectivity index (χ2v) is 5.86. The molecule has 3 heterocycles. The molecule has 0 unspecified atom stereocenters. The maximum atomic E-state index is 12.0. The zero-order chi connectivity index (χ0) is 12.4. The molecule has 0 spiro atoms. The van der Waals surface area contributed by atoms with Gasteiger partial charge >= 0.3 is 6.03 Å². The highest BCUT2D eigenvalue weighted by atomic mass is 32.1. The van der Waals surface area contributed by atoms with Gasteiger partial charge in [0.1, 0.15) is 0 Å². The molecule has 3 rings (SSSR count). The van der Waals surface area contributed by atoms with E-state index < -0.39 is 0 Å². The van der Waals surface area contributed by atoms with Gasteiger partial charge in [0.05, 0.1) is 6.10 Å². The van der Waals surface area contributed by atoms with E-state index in [2.05, 4.69) is 16.8 Å². The summed E-state index contributed by atoms with van der Waals surface area (Å²) < 4.78 is 5.50. The minimum Gasteiger partial charge on any atom is -0.376 e. The van der Waals surface area contributed by atoms with Gasteiger partial charge in [-0.2, -0.15) is 0 Å². The van der Waals surface area contributed by atoms with E-state index in [-0.39, 0.29) is 12.1 Å². The molecule has 1 saturated heterocycles. The molecule has 2 aliphatic rings. The van der Waals surface area contributed by atoms with Gasteiger partial charge in [-0.05, 0) is 36.3 Å². The number of carbonyl (C=O) groups is 1. The van der Waals surface area contributed by atoms with Crippen molar-refractivity contribution in [1.29, 1.82) is 0 Å². The van der Waals surface area contributed by atoms with Crippen molar-refractivity contribution < 1.29 is 9.53 Å². The molecule has 2 aliphatic heterocycles. The quantitative estimate of drug-likeness (QED) is 0.889. The SMILES string of the molecule is O=C(NC[C@H]1CCCO1)N1CCc2sccc2C1. The van der Waals surface area contributed by atoms with Crippen molar-refractivity contribution in [2.24, 2.45) is 0 Å². The van der Waals surface area contributed by atoms with Crippen molar-refractivity contribution >= 4 is 17.4 Å². The average molecular weight is 266 g/mol. The minimum absolute atomic E-state index is 0.0438. The van der Waals surface area contributed by atoms with Crippen LogP contribution in [0.1, 0.15) is 23.3 Å². The van der Waals surface area contributed by atoms with Gasteiger partial charge in [0.2, 0.25) is 0 Å². The van der Waals surface area contributed by atoms with Gasteiger partial charge < -0.3 is 15.0 Å². The van der Waals surface area contributed by atoms with Crippen molar-refractivity contribution in [3.8, 4) is 0 Å². The molecule has 1 aromatic rings. The third-order valence-corrected chi connectivity index (χ3v) is 4.62. The van der Waals surface area contributed by atoms with E-state index in [0.29, 0.717) is 6.54 Å². The lowest BCUT2D eigenvalue weighted by atomic mass is 10.1. The van der Waals surface area contributed by atoms with Crippen LogP contribution in [-0.2, 0) is 17.7 Å². The zero-order valence-electron chi connectivity index (χ0n) is 10.4. The fourth-order valence-corrected chi connectivity index (χ4v) is 3.43. The molecule has 0 aliphatic carbocycles. The molecule has 0 radical (unpaired) electrons. The number of thiophene rings is 1. The number of urea groups is 1. The Hall–Kier alpha value is -1.07. The summed E-state index contributed by atoms with van der Waals surface area (Å²) in [5, 5.41) is 5.09. The van der Waals surface area contributed by atoms with Crippen LogP contribution in [0.5, 0.6) is 0 Å². The Morgan fingerprint density at radius 1 is 1.61 bits per heavy atom. The van der Waals surface area contributed by atoms with E-state index >= 15 is 0 Å². The summed E-state index contributed by atoms with van der Waals surface area (Å²) in [6, 6.07) is 2.17. The second-order valence-electron chi connectivity index (χ2n) is 4.86. The van der Waals surface area contributed by atoms with Crippen LogP contribution in [-0.4, -0.2) is 36.7 Å². The molecule has 5 heteroatoms. The summed E-state index contributed by atoms with van der Waals surface area (Å²) in [5.74, 6) is 0. The number of amides is 2. The summed E-state index contributed by atoms with van der Waals surface area (Å²) >= 11 is 1.79. The lowest BCUT2D eigenvalue weighted by Crippen LogP contribution is -2.44. The fourth-order valence-electron chi connectivity index (χ4n) is 2.54. The van der Waals surface area contributed by atoms with Gasteiger partial charge in [-0.15, -0.1) is 11.3 Å². The Labute approximate surface area is 111 Å². The molecule has 1 N–H and O–H groups in total. The normalized spacial score (nSPS) is 22.9. The molecule has 98 valence electrons.